The van der Waals surface area contributed by atoms with E-state index >= 15 is 0 Å². The maximum absolute atomic E-state index is 6.00. The van der Waals surface area contributed by atoms with Crippen molar-refractivity contribution in [1.29, 1.82) is 0 Å². The van der Waals surface area contributed by atoms with E-state index in [-0.39, 0.29) is 0 Å². The lowest BCUT2D eigenvalue weighted by Crippen LogP contribution is -2.03. The van der Waals surface area contributed by atoms with Crippen LogP contribution < -0.4 is 10.5 Å². The predicted molar refractivity (Wildman–Crippen MR) is 60.0 cm³/mol. The summed E-state index contributed by atoms with van der Waals surface area (Å²) >= 11 is 6.00. The van der Waals surface area contributed by atoms with E-state index in [4.69, 9.17) is 22.1 Å². The summed E-state index contributed by atoms with van der Waals surface area (Å²) in [4.78, 5) is 0. The number of methoxy groups -OCH3 is 1. The molecule has 0 saturated carbocycles. The number of nitrogens with two attached hydrogens (primary N) is 1. The van der Waals surface area contributed by atoms with E-state index in [1.54, 1.807) is 7.11 Å². The Balaban J connectivity index is 3.25. The van der Waals surface area contributed by atoms with Crippen molar-refractivity contribution in [3.8, 4) is 5.75 Å². The molecule has 0 fully saturated rings. The molecule has 0 aliphatic carbocycles. The minimum atomic E-state index is 0.430. The van der Waals surface area contributed by atoms with Gasteiger partial charge in [-0.05, 0) is 29.2 Å². The molecule has 2 nitrogen and oxygen atoms in total. The van der Waals surface area contributed by atoms with Crippen molar-refractivity contribution in [2.45, 2.75) is 26.3 Å². The standard InChI is InChI=1S/C11H16ClNO/c1-7(2)9-5-11(14-3)10(12)4-8(9)6-13/h4-5,7H,6,13H2,1-3H3. The first-order valence-electron chi connectivity index (χ1n) is 4.66. The minimum Gasteiger partial charge on any atom is -0.495 e. The fourth-order valence-corrected chi connectivity index (χ4v) is 1.74. The smallest absolute Gasteiger partial charge is 0.137 e. The van der Waals surface area contributed by atoms with Crippen LogP contribution in [0.3, 0.4) is 0 Å². The fraction of sp³-hybridized carbons (Fsp3) is 0.455. The SMILES string of the molecule is COc1cc(C(C)C)c(CN)cc1Cl. The van der Waals surface area contributed by atoms with Gasteiger partial charge in [0.1, 0.15) is 5.75 Å². The molecule has 0 amide bonds. The van der Waals surface area contributed by atoms with Crippen molar-refractivity contribution in [2.24, 2.45) is 5.73 Å². The average Bonchev–Trinajstić information content (AvgIpc) is 2.16. The second-order valence-corrected chi connectivity index (χ2v) is 3.95. The molecule has 1 aromatic rings. The van der Waals surface area contributed by atoms with Gasteiger partial charge in [0.25, 0.3) is 0 Å². The molecule has 0 saturated heterocycles. The summed E-state index contributed by atoms with van der Waals surface area (Å²) in [5, 5.41) is 0.623. The maximum atomic E-state index is 6.00. The van der Waals surface area contributed by atoms with Gasteiger partial charge < -0.3 is 10.5 Å². The molecule has 1 aromatic carbocycles. The molecule has 0 heterocycles. The van der Waals surface area contributed by atoms with Crippen molar-refractivity contribution >= 4 is 11.6 Å². The van der Waals surface area contributed by atoms with Gasteiger partial charge in [0.2, 0.25) is 0 Å². The Kier molecular flexibility index (Phi) is 3.78. The highest BCUT2D eigenvalue weighted by Gasteiger charge is 2.10. The Bertz CT molecular complexity index is 323. The molecule has 2 N–H and O–H groups in total. The number of rotatable bonds is 3. The van der Waals surface area contributed by atoms with Gasteiger partial charge in [-0.15, -0.1) is 0 Å². The van der Waals surface area contributed by atoms with Gasteiger partial charge in [0.15, 0.2) is 0 Å². The number of benzene rings is 1. The molecule has 3 heteroatoms. The van der Waals surface area contributed by atoms with Gasteiger partial charge in [0.05, 0.1) is 12.1 Å². The molecular weight excluding hydrogens is 198 g/mol. The van der Waals surface area contributed by atoms with E-state index in [0.717, 1.165) is 5.56 Å². The lowest BCUT2D eigenvalue weighted by atomic mass is 9.97. The summed E-state index contributed by atoms with van der Waals surface area (Å²) < 4.78 is 5.16. The summed E-state index contributed by atoms with van der Waals surface area (Å²) in [6.45, 7) is 4.76. The number of halogens is 1. The van der Waals surface area contributed by atoms with Crippen LogP contribution in [0.5, 0.6) is 5.75 Å². The molecule has 14 heavy (non-hydrogen) atoms. The highest BCUT2D eigenvalue weighted by molar-refractivity contribution is 6.32. The molecule has 78 valence electrons. The van der Waals surface area contributed by atoms with Crippen LogP contribution in [-0.4, -0.2) is 7.11 Å². The summed E-state index contributed by atoms with van der Waals surface area (Å²) in [7, 11) is 1.62. The summed E-state index contributed by atoms with van der Waals surface area (Å²) in [6.07, 6.45) is 0. The van der Waals surface area contributed by atoms with Crippen molar-refractivity contribution in [3.63, 3.8) is 0 Å². The lowest BCUT2D eigenvalue weighted by Gasteiger charge is -2.14. The fourth-order valence-electron chi connectivity index (χ4n) is 1.48. The van der Waals surface area contributed by atoms with Crippen molar-refractivity contribution in [2.75, 3.05) is 7.11 Å². The first-order valence-corrected chi connectivity index (χ1v) is 5.04. The zero-order valence-corrected chi connectivity index (χ0v) is 9.56. The molecule has 1 rings (SSSR count). The van der Waals surface area contributed by atoms with Crippen LogP contribution >= 0.6 is 11.6 Å². The van der Waals surface area contributed by atoms with Gasteiger partial charge in [0, 0.05) is 6.54 Å². The zero-order chi connectivity index (χ0) is 10.7. The molecular formula is C11H16ClNO. The van der Waals surface area contributed by atoms with Gasteiger partial charge in [-0.2, -0.15) is 0 Å². The number of hydrogen-bond acceptors (Lipinski definition) is 2. The van der Waals surface area contributed by atoms with Crippen LogP contribution in [0.4, 0.5) is 0 Å². The Morgan fingerprint density at radius 1 is 1.43 bits per heavy atom. The third-order valence-electron chi connectivity index (χ3n) is 2.26. The van der Waals surface area contributed by atoms with Gasteiger partial charge >= 0.3 is 0 Å². The summed E-state index contributed by atoms with van der Waals surface area (Å²) in [6, 6.07) is 3.85. The van der Waals surface area contributed by atoms with Crippen molar-refractivity contribution < 1.29 is 4.74 Å². The third-order valence-corrected chi connectivity index (χ3v) is 2.55. The minimum absolute atomic E-state index is 0.430. The van der Waals surface area contributed by atoms with Gasteiger partial charge in [-0.25, -0.2) is 0 Å². The molecule has 0 unspecified atom stereocenters. The van der Waals surface area contributed by atoms with E-state index in [2.05, 4.69) is 13.8 Å². The number of hydrogen-bond donors (Lipinski definition) is 1. The lowest BCUT2D eigenvalue weighted by molar-refractivity contribution is 0.414. The van der Waals surface area contributed by atoms with Crippen LogP contribution in [-0.2, 0) is 6.54 Å². The van der Waals surface area contributed by atoms with Crippen LogP contribution in [0.2, 0.25) is 5.02 Å². The van der Waals surface area contributed by atoms with Crippen molar-refractivity contribution in [3.05, 3.63) is 28.3 Å². The first-order chi connectivity index (χ1) is 6.60. The zero-order valence-electron chi connectivity index (χ0n) is 8.80. The van der Waals surface area contributed by atoms with Gasteiger partial charge in [-0.1, -0.05) is 25.4 Å². The largest absolute Gasteiger partial charge is 0.495 e. The second-order valence-electron chi connectivity index (χ2n) is 3.54. The highest BCUT2D eigenvalue weighted by Crippen LogP contribution is 2.31. The molecule has 0 radical (unpaired) electrons. The van der Waals surface area contributed by atoms with E-state index < -0.39 is 0 Å². The van der Waals surface area contributed by atoms with Crippen molar-refractivity contribution in [1.82, 2.24) is 0 Å². The number of ether oxygens (including phenoxy) is 1. The Morgan fingerprint density at radius 3 is 2.50 bits per heavy atom. The third kappa shape index (κ3) is 2.20. The molecule has 0 atom stereocenters. The molecule has 0 aliphatic rings. The average molecular weight is 214 g/mol. The topological polar surface area (TPSA) is 35.2 Å². The van der Waals surface area contributed by atoms with Crippen LogP contribution in [0, 0.1) is 0 Å². The molecule has 0 aliphatic heterocycles. The normalized spacial score (nSPS) is 10.7. The van der Waals surface area contributed by atoms with E-state index in [0.29, 0.717) is 23.2 Å². The van der Waals surface area contributed by atoms with Crippen LogP contribution in [0.25, 0.3) is 0 Å². The van der Waals surface area contributed by atoms with Gasteiger partial charge in [-0.3, -0.25) is 0 Å². The van der Waals surface area contributed by atoms with E-state index in [1.807, 2.05) is 12.1 Å². The molecule has 0 spiro atoms. The summed E-state index contributed by atoms with van der Waals surface area (Å²) in [5.41, 5.74) is 7.94. The molecule has 0 bridgehead atoms. The quantitative estimate of drug-likeness (QED) is 0.838. The first kappa shape index (κ1) is 11.3. The predicted octanol–water partition coefficient (Wildman–Crippen LogP) is 2.93. The monoisotopic (exact) mass is 213 g/mol. The Hall–Kier alpha value is -0.730. The van der Waals surface area contributed by atoms with E-state index in [1.165, 1.54) is 5.56 Å². The van der Waals surface area contributed by atoms with Crippen LogP contribution in [0.1, 0.15) is 30.9 Å². The van der Waals surface area contributed by atoms with E-state index in [9.17, 15) is 0 Å². The second kappa shape index (κ2) is 4.67. The Labute approximate surface area is 90.0 Å². The highest BCUT2D eigenvalue weighted by atomic mass is 35.5. The Morgan fingerprint density at radius 2 is 2.07 bits per heavy atom. The summed E-state index contributed by atoms with van der Waals surface area (Å²) in [5.74, 6) is 1.15. The van der Waals surface area contributed by atoms with Crippen LogP contribution in [0.15, 0.2) is 12.1 Å². The molecule has 0 aromatic heterocycles. The maximum Gasteiger partial charge on any atom is 0.137 e.